The van der Waals surface area contributed by atoms with Crippen LogP contribution in [0, 0.1) is 0 Å². The molecule has 2 aliphatic heterocycles. The molecular weight excluding hydrogens is 286 g/mol. The quantitative estimate of drug-likeness (QED) is 0.864. The van der Waals surface area contributed by atoms with Crippen molar-refractivity contribution in [2.75, 3.05) is 19.7 Å². The molecule has 0 amide bonds. The van der Waals surface area contributed by atoms with Gasteiger partial charge in [0.05, 0.1) is 17.4 Å². The van der Waals surface area contributed by atoms with Crippen molar-refractivity contribution in [1.82, 2.24) is 14.5 Å². The lowest BCUT2D eigenvalue weighted by Crippen LogP contribution is -2.43. The average Bonchev–Trinajstić information content (AvgIpc) is 3.05. The number of hydrogen-bond donors (Lipinski definition) is 0. The molecule has 0 N–H and O–H groups in total. The van der Waals surface area contributed by atoms with E-state index in [1.807, 2.05) is 6.33 Å². The number of piperidine rings is 1. The predicted octanol–water partition coefficient (Wildman–Crippen LogP) is 3.76. The Morgan fingerprint density at radius 1 is 1.17 bits per heavy atom. The molecular formula is C19H27N3O. The lowest BCUT2D eigenvalue weighted by atomic mass is 9.89. The normalized spacial score (nSPS) is 24.3. The highest BCUT2D eigenvalue weighted by atomic mass is 16.5. The first-order valence-electron chi connectivity index (χ1n) is 9.15. The summed E-state index contributed by atoms with van der Waals surface area (Å²) in [6.07, 6.45) is 8.59. The Hall–Kier alpha value is -1.39. The second kappa shape index (κ2) is 6.62. The van der Waals surface area contributed by atoms with Gasteiger partial charge < -0.3 is 9.30 Å². The number of likely N-dealkylation sites (tertiary alicyclic amines) is 1. The van der Waals surface area contributed by atoms with Crippen molar-refractivity contribution in [3.8, 4) is 0 Å². The third-order valence-electron chi connectivity index (χ3n) is 5.55. The van der Waals surface area contributed by atoms with Crippen molar-refractivity contribution in [3.05, 3.63) is 30.1 Å². The molecule has 23 heavy (non-hydrogen) atoms. The maximum absolute atomic E-state index is 5.95. The number of hydrogen-bond acceptors (Lipinski definition) is 3. The Bertz CT molecular complexity index is 652. The van der Waals surface area contributed by atoms with Gasteiger partial charge in [0.15, 0.2) is 0 Å². The number of benzene rings is 1. The van der Waals surface area contributed by atoms with Gasteiger partial charge in [-0.15, -0.1) is 0 Å². The standard InChI is InChI=1S/C19H27N3O/c1-2-21-14-20-17-7-6-16(13-18(17)21)15-8-10-22(11-9-15)19-5-3-4-12-23-19/h6-7,13-15,19H,2-5,8-12H2,1H3. The van der Waals surface area contributed by atoms with Crippen molar-refractivity contribution in [3.63, 3.8) is 0 Å². The Morgan fingerprint density at radius 2 is 2.04 bits per heavy atom. The molecule has 2 saturated heterocycles. The van der Waals surface area contributed by atoms with Crippen molar-refractivity contribution in [2.45, 2.75) is 57.7 Å². The highest BCUT2D eigenvalue weighted by Gasteiger charge is 2.27. The van der Waals surface area contributed by atoms with Crippen LogP contribution in [0.2, 0.25) is 0 Å². The van der Waals surface area contributed by atoms with Crippen LogP contribution in [0.4, 0.5) is 0 Å². The summed E-state index contributed by atoms with van der Waals surface area (Å²) < 4.78 is 8.19. The SMILES string of the molecule is CCn1cnc2ccc(C3CCN(C4CCCCO4)CC3)cc21. The van der Waals surface area contributed by atoms with Gasteiger partial charge in [-0.05, 0) is 62.6 Å². The second-order valence-corrected chi connectivity index (χ2v) is 6.91. The zero-order chi connectivity index (χ0) is 15.6. The maximum Gasteiger partial charge on any atom is 0.110 e. The molecule has 1 aromatic carbocycles. The van der Waals surface area contributed by atoms with Crippen LogP contribution in [0.5, 0.6) is 0 Å². The Labute approximate surface area is 138 Å². The zero-order valence-corrected chi connectivity index (χ0v) is 14.1. The van der Waals surface area contributed by atoms with Crippen molar-refractivity contribution < 1.29 is 4.74 Å². The van der Waals surface area contributed by atoms with E-state index in [2.05, 4.69) is 39.6 Å². The number of nitrogens with zero attached hydrogens (tertiary/aromatic N) is 3. The van der Waals surface area contributed by atoms with Crippen LogP contribution in [0.1, 0.15) is 50.5 Å². The smallest absolute Gasteiger partial charge is 0.110 e. The molecule has 2 aliphatic rings. The van der Waals surface area contributed by atoms with Crippen molar-refractivity contribution in [1.29, 1.82) is 0 Å². The number of imidazole rings is 1. The molecule has 0 spiro atoms. The van der Waals surface area contributed by atoms with Gasteiger partial charge in [0.2, 0.25) is 0 Å². The van der Waals surface area contributed by atoms with E-state index in [0.717, 1.165) is 18.7 Å². The van der Waals surface area contributed by atoms with E-state index in [1.54, 1.807) is 0 Å². The van der Waals surface area contributed by atoms with Crippen LogP contribution in [0.25, 0.3) is 11.0 Å². The molecule has 2 aromatic rings. The van der Waals surface area contributed by atoms with Crippen LogP contribution < -0.4 is 0 Å². The number of aromatic nitrogens is 2. The van der Waals surface area contributed by atoms with Gasteiger partial charge in [-0.2, -0.15) is 0 Å². The zero-order valence-electron chi connectivity index (χ0n) is 14.1. The first-order chi connectivity index (χ1) is 11.3. The van der Waals surface area contributed by atoms with Gasteiger partial charge in [-0.1, -0.05) is 6.07 Å². The van der Waals surface area contributed by atoms with E-state index < -0.39 is 0 Å². The Balaban J connectivity index is 1.45. The molecule has 0 bridgehead atoms. The molecule has 1 aromatic heterocycles. The van der Waals surface area contributed by atoms with Crippen LogP contribution in [-0.4, -0.2) is 40.4 Å². The fourth-order valence-electron chi connectivity index (χ4n) is 4.11. The minimum Gasteiger partial charge on any atom is -0.363 e. The molecule has 4 rings (SSSR count). The van der Waals surface area contributed by atoms with E-state index >= 15 is 0 Å². The lowest BCUT2D eigenvalue weighted by molar-refractivity contribution is -0.0931. The summed E-state index contributed by atoms with van der Waals surface area (Å²) in [4.78, 5) is 7.05. The van der Waals surface area contributed by atoms with Gasteiger partial charge in [-0.3, -0.25) is 4.90 Å². The highest BCUT2D eigenvalue weighted by Crippen LogP contribution is 2.32. The summed E-state index contributed by atoms with van der Waals surface area (Å²) in [6, 6.07) is 6.84. The monoisotopic (exact) mass is 313 g/mol. The topological polar surface area (TPSA) is 30.3 Å². The first-order valence-corrected chi connectivity index (χ1v) is 9.15. The van der Waals surface area contributed by atoms with Gasteiger partial charge in [0, 0.05) is 26.2 Å². The third kappa shape index (κ3) is 3.02. The number of fused-ring (bicyclic) bond motifs is 1. The first kappa shape index (κ1) is 15.2. The van der Waals surface area contributed by atoms with E-state index in [4.69, 9.17) is 4.74 Å². The van der Waals surface area contributed by atoms with Crippen LogP contribution in [0.3, 0.4) is 0 Å². The van der Waals surface area contributed by atoms with Gasteiger partial charge >= 0.3 is 0 Å². The van der Waals surface area contributed by atoms with Crippen LogP contribution >= 0.6 is 0 Å². The van der Waals surface area contributed by atoms with Crippen LogP contribution in [0.15, 0.2) is 24.5 Å². The number of aryl methyl sites for hydroxylation is 1. The second-order valence-electron chi connectivity index (χ2n) is 6.91. The molecule has 1 unspecified atom stereocenters. The van der Waals surface area contributed by atoms with Crippen LogP contribution in [-0.2, 0) is 11.3 Å². The molecule has 4 heteroatoms. The third-order valence-corrected chi connectivity index (χ3v) is 5.55. The number of ether oxygens (including phenoxy) is 1. The maximum atomic E-state index is 5.95. The molecule has 0 radical (unpaired) electrons. The van der Waals surface area contributed by atoms with Gasteiger partial charge in [0.25, 0.3) is 0 Å². The average molecular weight is 313 g/mol. The summed E-state index contributed by atoms with van der Waals surface area (Å²) >= 11 is 0. The van der Waals surface area contributed by atoms with Gasteiger partial charge in [0.1, 0.15) is 6.23 Å². The Morgan fingerprint density at radius 3 is 2.78 bits per heavy atom. The lowest BCUT2D eigenvalue weighted by Gasteiger charge is -2.39. The van der Waals surface area contributed by atoms with E-state index in [0.29, 0.717) is 12.1 Å². The largest absolute Gasteiger partial charge is 0.363 e. The summed E-state index contributed by atoms with van der Waals surface area (Å²) in [5.41, 5.74) is 3.88. The summed E-state index contributed by atoms with van der Waals surface area (Å²) in [6.45, 7) is 6.44. The summed E-state index contributed by atoms with van der Waals surface area (Å²) in [5, 5.41) is 0. The fourth-order valence-corrected chi connectivity index (χ4v) is 4.11. The van der Waals surface area contributed by atoms with E-state index in [1.165, 1.54) is 56.3 Å². The molecule has 0 aliphatic carbocycles. The highest BCUT2D eigenvalue weighted by molar-refractivity contribution is 5.76. The van der Waals surface area contributed by atoms with E-state index in [-0.39, 0.29) is 0 Å². The van der Waals surface area contributed by atoms with E-state index in [9.17, 15) is 0 Å². The molecule has 124 valence electrons. The minimum atomic E-state index is 0.383. The Kier molecular flexibility index (Phi) is 4.36. The summed E-state index contributed by atoms with van der Waals surface area (Å²) in [7, 11) is 0. The summed E-state index contributed by atoms with van der Waals surface area (Å²) in [5.74, 6) is 0.680. The molecule has 0 saturated carbocycles. The van der Waals surface area contributed by atoms with Crippen molar-refractivity contribution >= 4 is 11.0 Å². The minimum absolute atomic E-state index is 0.383. The fraction of sp³-hybridized carbons (Fsp3) is 0.632. The van der Waals surface area contributed by atoms with Crippen molar-refractivity contribution in [2.24, 2.45) is 0 Å². The van der Waals surface area contributed by atoms with Gasteiger partial charge in [-0.25, -0.2) is 4.98 Å². The molecule has 4 nitrogen and oxygen atoms in total. The molecule has 3 heterocycles. The predicted molar refractivity (Wildman–Crippen MR) is 92.5 cm³/mol. The molecule has 2 fully saturated rings. The number of rotatable bonds is 3. The molecule has 1 atom stereocenters.